The molecule has 0 saturated carbocycles. The maximum atomic E-state index is 5.73. The van der Waals surface area contributed by atoms with Crippen molar-refractivity contribution in [3.05, 3.63) is 60.6 Å². The van der Waals surface area contributed by atoms with Gasteiger partial charge in [0, 0.05) is 12.7 Å². The molecule has 0 aliphatic rings. The summed E-state index contributed by atoms with van der Waals surface area (Å²) in [5, 5.41) is 4.49. The van der Waals surface area contributed by atoms with Crippen molar-refractivity contribution in [1.29, 1.82) is 0 Å². The molecule has 0 saturated heterocycles. The lowest BCUT2D eigenvalue weighted by atomic mass is 10.2. The Bertz CT molecular complexity index is 626. The van der Waals surface area contributed by atoms with Crippen LogP contribution in [-0.2, 0) is 6.54 Å². The maximum absolute atomic E-state index is 5.73. The van der Waals surface area contributed by atoms with Crippen molar-refractivity contribution in [2.24, 2.45) is 5.73 Å². The van der Waals surface area contributed by atoms with E-state index in [4.69, 9.17) is 10.2 Å². The Labute approximate surface area is 105 Å². The minimum atomic E-state index is 0.385. The summed E-state index contributed by atoms with van der Waals surface area (Å²) in [4.78, 5) is 0. The van der Waals surface area contributed by atoms with E-state index in [1.54, 1.807) is 6.26 Å². The van der Waals surface area contributed by atoms with Crippen LogP contribution in [0, 0.1) is 0 Å². The van der Waals surface area contributed by atoms with Gasteiger partial charge in [-0.1, -0.05) is 18.2 Å². The zero-order chi connectivity index (χ0) is 12.4. The highest BCUT2D eigenvalue weighted by atomic mass is 16.3. The molecular weight excluding hydrogens is 226 g/mol. The smallest absolute Gasteiger partial charge is 0.137 e. The number of benzene rings is 1. The number of para-hydroxylation sites is 1. The van der Waals surface area contributed by atoms with Gasteiger partial charge in [-0.15, -0.1) is 0 Å². The van der Waals surface area contributed by atoms with Gasteiger partial charge in [-0.3, -0.25) is 0 Å². The lowest BCUT2D eigenvalue weighted by molar-refractivity contribution is 0.581. The molecule has 0 amide bonds. The summed E-state index contributed by atoms with van der Waals surface area (Å²) < 4.78 is 7.22. The van der Waals surface area contributed by atoms with Crippen LogP contribution in [0.25, 0.3) is 17.0 Å². The maximum Gasteiger partial charge on any atom is 0.137 e. The molecular formula is C14H13N3O. The van der Waals surface area contributed by atoms with Crippen LogP contribution in [0.15, 0.2) is 59.3 Å². The average Bonchev–Trinajstić information content (AvgIpc) is 3.08. The van der Waals surface area contributed by atoms with E-state index in [2.05, 4.69) is 5.10 Å². The highest BCUT2D eigenvalue weighted by Gasteiger charge is 2.12. The van der Waals surface area contributed by atoms with Crippen molar-refractivity contribution >= 4 is 0 Å². The molecule has 4 nitrogen and oxygen atoms in total. The van der Waals surface area contributed by atoms with Crippen LogP contribution in [0.1, 0.15) is 5.69 Å². The van der Waals surface area contributed by atoms with Gasteiger partial charge in [-0.05, 0) is 24.3 Å². The summed E-state index contributed by atoms with van der Waals surface area (Å²) in [5.41, 5.74) is 8.50. The summed E-state index contributed by atoms with van der Waals surface area (Å²) in [6.07, 6.45) is 3.59. The molecule has 2 N–H and O–H groups in total. The SMILES string of the molecule is NCc1nn(-c2ccccc2)cc1-c1ccco1. The molecule has 0 unspecified atom stereocenters. The lowest BCUT2D eigenvalue weighted by Gasteiger charge is -1.98. The van der Waals surface area contributed by atoms with Crippen LogP contribution in [0.3, 0.4) is 0 Å². The molecule has 2 aromatic heterocycles. The highest BCUT2D eigenvalue weighted by molar-refractivity contribution is 5.60. The molecule has 0 fully saturated rings. The van der Waals surface area contributed by atoms with Gasteiger partial charge >= 0.3 is 0 Å². The molecule has 0 aliphatic carbocycles. The molecule has 3 aromatic rings. The Kier molecular flexibility index (Phi) is 2.70. The molecule has 2 heterocycles. The predicted octanol–water partition coefficient (Wildman–Crippen LogP) is 2.59. The third-order valence-electron chi connectivity index (χ3n) is 2.79. The Hall–Kier alpha value is -2.33. The largest absolute Gasteiger partial charge is 0.464 e. The standard InChI is InChI=1S/C14H13N3O/c15-9-13-12(14-7-4-8-18-14)10-17(16-13)11-5-2-1-3-6-11/h1-8,10H,9,15H2. The van der Waals surface area contributed by atoms with Gasteiger partial charge in [0.15, 0.2) is 0 Å². The fraction of sp³-hybridized carbons (Fsp3) is 0.0714. The fourth-order valence-electron chi connectivity index (χ4n) is 1.91. The summed E-state index contributed by atoms with van der Waals surface area (Å²) in [6, 6.07) is 13.7. The lowest BCUT2D eigenvalue weighted by Crippen LogP contribution is -2.00. The Morgan fingerprint density at radius 2 is 1.94 bits per heavy atom. The first-order valence-corrected chi connectivity index (χ1v) is 5.76. The normalized spacial score (nSPS) is 10.7. The molecule has 0 spiro atoms. The average molecular weight is 239 g/mol. The molecule has 18 heavy (non-hydrogen) atoms. The zero-order valence-electron chi connectivity index (χ0n) is 9.78. The van der Waals surface area contributed by atoms with Crippen LogP contribution >= 0.6 is 0 Å². The number of rotatable bonds is 3. The van der Waals surface area contributed by atoms with Gasteiger partial charge in [0.2, 0.25) is 0 Å². The summed E-state index contributed by atoms with van der Waals surface area (Å²) in [6.45, 7) is 0.385. The number of hydrogen-bond acceptors (Lipinski definition) is 3. The van der Waals surface area contributed by atoms with E-state index in [1.165, 1.54) is 0 Å². The van der Waals surface area contributed by atoms with Crippen LogP contribution in [-0.4, -0.2) is 9.78 Å². The minimum Gasteiger partial charge on any atom is -0.464 e. The second kappa shape index (κ2) is 4.50. The first-order chi connectivity index (χ1) is 8.88. The first-order valence-electron chi connectivity index (χ1n) is 5.76. The summed E-state index contributed by atoms with van der Waals surface area (Å²) >= 11 is 0. The monoisotopic (exact) mass is 239 g/mol. The molecule has 0 bridgehead atoms. The van der Waals surface area contributed by atoms with Crippen LogP contribution in [0.2, 0.25) is 0 Å². The number of aromatic nitrogens is 2. The molecule has 3 rings (SSSR count). The quantitative estimate of drug-likeness (QED) is 0.764. The Balaban J connectivity index is 2.09. The number of furan rings is 1. The van der Waals surface area contributed by atoms with Gasteiger partial charge < -0.3 is 10.2 Å². The summed E-state index contributed by atoms with van der Waals surface area (Å²) in [7, 11) is 0. The predicted molar refractivity (Wildman–Crippen MR) is 69.2 cm³/mol. The van der Waals surface area contributed by atoms with E-state index < -0.39 is 0 Å². The van der Waals surface area contributed by atoms with Crippen LogP contribution in [0.5, 0.6) is 0 Å². The molecule has 0 radical (unpaired) electrons. The second-order valence-corrected chi connectivity index (χ2v) is 3.95. The summed E-state index contributed by atoms with van der Waals surface area (Å²) in [5.74, 6) is 0.789. The van der Waals surface area contributed by atoms with Crippen molar-refractivity contribution in [2.45, 2.75) is 6.54 Å². The van der Waals surface area contributed by atoms with Crippen LogP contribution < -0.4 is 5.73 Å². The Morgan fingerprint density at radius 1 is 1.11 bits per heavy atom. The number of nitrogens with zero attached hydrogens (tertiary/aromatic N) is 2. The van der Waals surface area contributed by atoms with Crippen LogP contribution in [0.4, 0.5) is 0 Å². The van der Waals surface area contributed by atoms with Gasteiger partial charge in [0.05, 0.1) is 23.2 Å². The molecule has 0 atom stereocenters. The van der Waals surface area contributed by atoms with Gasteiger partial charge in [-0.2, -0.15) is 5.10 Å². The Morgan fingerprint density at radius 3 is 2.61 bits per heavy atom. The van der Waals surface area contributed by atoms with E-state index in [0.717, 1.165) is 22.7 Å². The van der Waals surface area contributed by atoms with Crippen molar-refractivity contribution in [2.75, 3.05) is 0 Å². The molecule has 0 aliphatic heterocycles. The first kappa shape index (κ1) is 10.8. The minimum absolute atomic E-state index is 0.385. The highest BCUT2D eigenvalue weighted by Crippen LogP contribution is 2.24. The molecule has 1 aromatic carbocycles. The number of nitrogens with two attached hydrogens (primary N) is 1. The number of hydrogen-bond donors (Lipinski definition) is 1. The van der Waals surface area contributed by atoms with E-state index in [-0.39, 0.29) is 0 Å². The van der Waals surface area contributed by atoms with Gasteiger partial charge in [-0.25, -0.2) is 4.68 Å². The van der Waals surface area contributed by atoms with Gasteiger partial charge in [0.1, 0.15) is 5.76 Å². The van der Waals surface area contributed by atoms with Crippen molar-refractivity contribution in [3.8, 4) is 17.0 Å². The third kappa shape index (κ3) is 1.83. The fourth-order valence-corrected chi connectivity index (χ4v) is 1.91. The van der Waals surface area contributed by atoms with Crippen molar-refractivity contribution in [3.63, 3.8) is 0 Å². The molecule has 90 valence electrons. The molecule has 4 heteroatoms. The van der Waals surface area contributed by atoms with E-state index in [0.29, 0.717) is 6.54 Å². The zero-order valence-corrected chi connectivity index (χ0v) is 9.78. The van der Waals surface area contributed by atoms with E-state index in [9.17, 15) is 0 Å². The topological polar surface area (TPSA) is 57.0 Å². The second-order valence-electron chi connectivity index (χ2n) is 3.95. The van der Waals surface area contributed by atoms with E-state index in [1.807, 2.05) is 53.3 Å². The van der Waals surface area contributed by atoms with E-state index >= 15 is 0 Å². The van der Waals surface area contributed by atoms with Crippen molar-refractivity contribution < 1.29 is 4.42 Å². The van der Waals surface area contributed by atoms with Gasteiger partial charge in [0.25, 0.3) is 0 Å². The third-order valence-corrected chi connectivity index (χ3v) is 2.79. The van der Waals surface area contributed by atoms with Crippen molar-refractivity contribution in [1.82, 2.24) is 9.78 Å².